The van der Waals surface area contributed by atoms with Crippen molar-refractivity contribution in [3.63, 3.8) is 0 Å². The molecule has 0 aliphatic rings. The summed E-state index contributed by atoms with van der Waals surface area (Å²) in [5.74, 6) is 1.09. The molecule has 1 amide bonds. The zero-order chi connectivity index (χ0) is 19.4. The fourth-order valence-electron chi connectivity index (χ4n) is 2.76. The minimum absolute atomic E-state index is 0.0197. The van der Waals surface area contributed by atoms with Gasteiger partial charge in [-0.3, -0.25) is 9.36 Å². The third kappa shape index (κ3) is 4.77. The molecule has 0 fully saturated rings. The van der Waals surface area contributed by atoms with Crippen molar-refractivity contribution >= 4 is 17.7 Å². The minimum atomic E-state index is -0.0197. The summed E-state index contributed by atoms with van der Waals surface area (Å²) in [7, 11) is 0. The summed E-state index contributed by atoms with van der Waals surface area (Å²) in [5.41, 5.74) is 5.68. The number of aromatic nitrogens is 3. The largest absolute Gasteiger partial charge is 0.351 e. The van der Waals surface area contributed by atoms with Crippen molar-refractivity contribution in [2.75, 3.05) is 5.75 Å². The smallest absolute Gasteiger partial charge is 0.230 e. The zero-order valence-electron chi connectivity index (χ0n) is 16.1. The molecule has 1 aromatic heterocycles. The summed E-state index contributed by atoms with van der Waals surface area (Å²) in [6, 6.07) is 14.5. The van der Waals surface area contributed by atoms with Gasteiger partial charge in [0.1, 0.15) is 5.82 Å². The number of rotatable bonds is 6. The molecule has 0 radical (unpaired) electrons. The number of aryl methyl sites for hydroxylation is 4. The Morgan fingerprint density at radius 3 is 2.44 bits per heavy atom. The molecule has 3 rings (SSSR count). The second kappa shape index (κ2) is 8.39. The Balaban J connectivity index is 1.65. The molecule has 3 aromatic rings. The van der Waals surface area contributed by atoms with Gasteiger partial charge in [0.15, 0.2) is 5.16 Å². The Morgan fingerprint density at radius 2 is 1.70 bits per heavy atom. The topological polar surface area (TPSA) is 59.8 Å². The highest BCUT2D eigenvalue weighted by atomic mass is 32.2. The standard InChI is InChI=1S/C21H24N4OS/c1-14-6-9-18(10-7-14)12-22-20(26)13-27-21-24-23-17(4)25(21)19-11-15(2)5-8-16(19)3/h5-11H,12-13H2,1-4H3,(H,22,26). The van der Waals surface area contributed by atoms with Crippen LogP contribution in [0.1, 0.15) is 28.1 Å². The molecule has 0 aliphatic heterocycles. The van der Waals surface area contributed by atoms with E-state index in [0.29, 0.717) is 12.3 Å². The number of carbonyl (C=O) groups is 1. The molecule has 1 N–H and O–H groups in total. The molecule has 5 nitrogen and oxygen atoms in total. The Morgan fingerprint density at radius 1 is 1.00 bits per heavy atom. The lowest BCUT2D eigenvalue weighted by molar-refractivity contribution is -0.118. The molecule has 6 heteroatoms. The van der Waals surface area contributed by atoms with Gasteiger partial charge < -0.3 is 5.32 Å². The van der Waals surface area contributed by atoms with E-state index < -0.39 is 0 Å². The van der Waals surface area contributed by atoms with Crippen LogP contribution in [0.25, 0.3) is 5.69 Å². The predicted octanol–water partition coefficient (Wildman–Crippen LogP) is 3.91. The number of nitrogens with one attached hydrogen (secondary N) is 1. The van der Waals surface area contributed by atoms with Gasteiger partial charge >= 0.3 is 0 Å². The fraction of sp³-hybridized carbons (Fsp3) is 0.286. The van der Waals surface area contributed by atoms with Crippen molar-refractivity contribution in [2.45, 2.75) is 39.4 Å². The van der Waals surface area contributed by atoms with Crippen molar-refractivity contribution in [1.82, 2.24) is 20.1 Å². The monoisotopic (exact) mass is 380 g/mol. The predicted molar refractivity (Wildman–Crippen MR) is 109 cm³/mol. The molecule has 0 saturated carbocycles. The van der Waals surface area contributed by atoms with Gasteiger partial charge in [-0.25, -0.2) is 0 Å². The lowest BCUT2D eigenvalue weighted by Gasteiger charge is -2.12. The van der Waals surface area contributed by atoms with Gasteiger partial charge in [-0.15, -0.1) is 10.2 Å². The van der Waals surface area contributed by atoms with Gasteiger partial charge in [0, 0.05) is 6.54 Å². The normalized spacial score (nSPS) is 10.8. The third-order valence-electron chi connectivity index (χ3n) is 4.34. The fourth-order valence-corrected chi connectivity index (χ4v) is 3.58. The number of nitrogens with zero attached hydrogens (tertiary/aromatic N) is 3. The molecule has 27 heavy (non-hydrogen) atoms. The maximum atomic E-state index is 12.2. The maximum Gasteiger partial charge on any atom is 0.230 e. The molecule has 0 aliphatic carbocycles. The summed E-state index contributed by atoms with van der Waals surface area (Å²) in [5, 5.41) is 12.1. The van der Waals surface area contributed by atoms with E-state index in [9.17, 15) is 4.79 Å². The van der Waals surface area contributed by atoms with E-state index in [1.165, 1.54) is 22.9 Å². The molecule has 0 unspecified atom stereocenters. The Bertz CT molecular complexity index is 947. The summed E-state index contributed by atoms with van der Waals surface area (Å²) in [6.45, 7) is 8.64. The van der Waals surface area contributed by atoms with Crippen LogP contribution in [0.4, 0.5) is 0 Å². The molecular formula is C21H24N4OS. The highest BCUT2D eigenvalue weighted by Gasteiger charge is 2.15. The van der Waals surface area contributed by atoms with Crippen LogP contribution in [-0.4, -0.2) is 26.4 Å². The number of carbonyl (C=O) groups excluding carboxylic acids is 1. The van der Waals surface area contributed by atoms with Gasteiger partial charge in [0.2, 0.25) is 5.91 Å². The van der Waals surface area contributed by atoms with Crippen molar-refractivity contribution in [1.29, 1.82) is 0 Å². The average molecular weight is 381 g/mol. The van der Waals surface area contributed by atoms with Crippen LogP contribution < -0.4 is 5.32 Å². The van der Waals surface area contributed by atoms with Gasteiger partial charge in [0.25, 0.3) is 0 Å². The molecule has 0 bridgehead atoms. The summed E-state index contributed by atoms with van der Waals surface area (Å²) in [6.07, 6.45) is 0. The quantitative estimate of drug-likeness (QED) is 0.659. The first-order valence-corrected chi connectivity index (χ1v) is 9.87. The summed E-state index contributed by atoms with van der Waals surface area (Å²) >= 11 is 1.40. The van der Waals surface area contributed by atoms with E-state index in [1.807, 2.05) is 42.7 Å². The van der Waals surface area contributed by atoms with E-state index in [1.54, 1.807) is 0 Å². The highest BCUT2D eigenvalue weighted by molar-refractivity contribution is 7.99. The van der Waals surface area contributed by atoms with Gasteiger partial charge in [-0.05, 0) is 50.5 Å². The second-order valence-electron chi connectivity index (χ2n) is 6.71. The Kier molecular flexibility index (Phi) is 5.96. The van der Waals surface area contributed by atoms with Crippen LogP contribution in [0.15, 0.2) is 47.6 Å². The molecule has 0 atom stereocenters. The number of hydrogen-bond donors (Lipinski definition) is 1. The number of hydrogen-bond acceptors (Lipinski definition) is 4. The summed E-state index contributed by atoms with van der Waals surface area (Å²) < 4.78 is 2.01. The summed E-state index contributed by atoms with van der Waals surface area (Å²) in [4.78, 5) is 12.2. The van der Waals surface area contributed by atoms with Crippen LogP contribution in [-0.2, 0) is 11.3 Å². The molecular weight excluding hydrogens is 356 g/mol. The third-order valence-corrected chi connectivity index (χ3v) is 5.27. The van der Waals surface area contributed by atoms with Crippen LogP contribution >= 0.6 is 11.8 Å². The maximum absolute atomic E-state index is 12.2. The second-order valence-corrected chi connectivity index (χ2v) is 7.65. The van der Waals surface area contributed by atoms with Crippen molar-refractivity contribution < 1.29 is 4.79 Å². The minimum Gasteiger partial charge on any atom is -0.351 e. The first kappa shape index (κ1) is 19.2. The Hall–Kier alpha value is -2.60. The average Bonchev–Trinajstić information content (AvgIpc) is 3.02. The van der Waals surface area contributed by atoms with E-state index in [4.69, 9.17) is 0 Å². The van der Waals surface area contributed by atoms with Crippen LogP contribution in [0.3, 0.4) is 0 Å². The van der Waals surface area contributed by atoms with Crippen LogP contribution in [0.5, 0.6) is 0 Å². The first-order valence-electron chi connectivity index (χ1n) is 8.89. The van der Waals surface area contributed by atoms with Gasteiger partial charge in [-0.2, -0.15) is 0 Å². The van der Waals surface area contributed by atoms with Crippen molar-refractivity contribution in [2.24, 2.45) is 0 Å². The van der Waals surface area contributed by atoms with E-state index in [0.717, 1.165) is 27.8 Å². The highest BCUT2D eigenvalue weighted by Crippen LogP contribution is 2.24. The molecule has 1 heterocycles. The van der Waals surface area contributed by atoms with Crippen molar-refractivity contribution in [3.8, 4) is 5.69 Å². The van der Waals surface area contributed by atoms with Gasteiger partial charge in [0.05, 0.1) is 11.4 Å². The molecule has 2 aromatic carbocycles. The van der Waals surface area contributed by atoms with E-state index in [2.05, 4.69) is 47.6 Å². The van der Waals surface area contributed by atoms with Crippen LogP contribution in [0, 0.1) is 27.7 Å². The van der Waals surface area contributed by atoms with Crippen LogP contribution in [0.2, 0.25) is 0 Å². The lowest BCUT2D eigenvalue weighted by atomic mass is 10.1. The first-order chi connectivity index (χ1) is 12.9. The van der Waals surface area contributed by atoms with Gasteiger partial charge in [-0.1, -0.05) is 53.7 Å². The molecule has 140 valence electrons. The van der Waals surface area contributed by atoms with Crippen molar-refractivity contribution in [3.05, 3.63) is 70.5 Å². The molecule has 0 spiro atoms. The molecule has 0 saturated heterocycles. The van der Waals surface area contributed by atoms with E-state index >= 15 is 0 Å². The Labute approximate surface area is 164 Å². The number of amides is 1. The van der Waals surface area contributed by atoms with E-state index in [-0.39, 0.29) is 5.91 Å². The number of benzene rings is 2. The SMILES string of the molecule is Cc1ccc(CNC(=O)CSc2nnc(C)n2-c2cc(C)ccc2C)cc1. The number of thioether (sulfide) groups is 1. The zero-order valence-corrected chi connectivity index (χ0v) is 16.9. The lowest BCUT2D eigenvalue weighted by Crippen LogP contribution is -2.24.